The number of hydrogen-bond donors (Lipinski definition) is 1. The second-order valence-electron chi connectivity index (χ2n) is 7.08. The van der Waals surface area contributed by atoms with Gasteiger partial charge in [-0.1, -0.05) is 0 Å². The first-order chi connectivity index (χ1) is 9.32. The quantitative estimate of drug-likeness (QED) is 0.730. The Balaban J connectivity index is 2.94. The Kier molecular flexibility index (Phi) is 4.67. The normalized spacial score (nSPS) is 23.2. The van der Waals surface area contributed by atoms with Crippen LogP contribution in [-0.2, 0) is 19.1 Å². The molecule has 1 aliphatic heterocycles. The van der Waals surface area contributed by atoms with Crippen LogP contribution in [0, 0.1) is 0 Å². The second-order valence-corrected chi connectivity index (χ2v) is 7.08. The molecule has 2 atom stereocenters. The number of rotatable bonds is 1. The van der Waals surface area contributed by atoms with Crippen molar-refractivity contribution in [2.75, 3.05) is 0 Å². The van der Waals surface area contributed by atoms with E-state index in [9.17, 15) is 14.4 Å². The van der Waals surface area contributed by atoms with Crippen LogP contribution < -0.4 is 5.73 Å². The number of amides is 2. The number of carbonyl (C=O) groups is 3. The van der Waals surface area contributed by atoms with Crippen molar-refractivity contribution in [3.63, 3.8) is 0 Å². The fourth-order valence-corrected chi connectivity index (χ4v) is 1.88. The van der Waals surface area contributed by atoms with Gasteiger partial charge >= 0.3 is 12.1 Å². The van der Waals surface area contributed by atoms with Crippen LogP contribution in [0.3, 0.4) is 0 Å². The third-order valence-electron chi connectivity index (χ3n) is 2.61. The number of imide groups is 1. The van der Waals surface area contributed by atoms with E-state index in [-0.39, 0.29) is 6.42 Å². The van der Waals surface area contributed by atoms with Crippen LogP contribution in [0.25, 0.3) is 0 Å². The summed E-state index contributed by atoms with van der Waals surface area (Å²) in [7, 11) is 0. The number of nitrogens with two attached hydrogens (primary N) is 1. The Bertz CT molecular complexity index is 447. The Morgan fingerprint density at radius 2 is 1.57 bits per heavy atom. The summed E-state index contributed by atoms with van der Waals surface area (Å²) in [6.45, 7) is 10.1. The van der Waals surface area contributed by atoms with Crippen molar-refractivity contribution in [1.29, 1.82) is 0 Å². The van der Waals surface area contributed by atoms with E-state index in [0.717, 1.165) is 4.90 Å². The highest BCUT2D eigenvalue weighted by Gasteiger charge is 2.48. The van der Waals surface area contributed by atoms with Gasteiger partial charge in [0.2, 0.25) is 5.91 Å². The molecule has 7 heteroatoms. The van der Waals surface area contributed by atoms with Gasteiger partial charge in [-0.2, -0.15) is 0 Å². The minimum Gasteiger partial charge on any atom is -0.458 e. The maximum absolute atomic E-state index is 12.2. The van der Waals surface area contributed by atoms with Gasteiger partial charge in [0.1, 0.15) is 17.2 Å². The molecule has 0 aromatic carbocycles. The maximum Gasteiger partial charge on any atom is 0.417 e. The average Bonchev–Trinajstić information content (AvgIpc) is 2.50. The third kappa shape index (κ3) is 4.70. The van der Waals surface area contributed by atoms with Crippen molar-refractivity contribution in [3.8, 4) is 0 Å². The van der Waals surface area contributed by atoms with E-state index in [1.165, 1.54) is 0 Å². The van der Waals surface area contributed by atoms with Crippen molar-refractivity contribution in [2.45, 2.75) is 71.2 Å². The SMILES string of the molecule is CC(C)(C)OC(=O)[C@@H]1C[C@@H](N)C(=O)N1C(=O)OC(C)(C)C. The molecule has 0 spiro atoms. The molecular formula is C14H24N2O5. The van der Waals surface area contributed by atoms with Crippen LogP contribution in [0.15, 0.2) is 0 Å². The first kappa shape index (κ1) is 17.4. The molecule has 0 saturated carbocycles. The van der Waals surface area contributed by atoms with E-state index in [1.54, 1.807) is 41.5 Å². The van der Waals surface area contributed by atoms with E-state index in [0.29, 0.717) is 0 Å². The highest BCUT2D eigenvalue weighted by molar-refractivity contribution is 6.02. The van der Waals surface area contributed by atoms with Crippen molar-refractivity contribution >= 4 is 18.0 Å². The molecule has 2 N–H and O–H groups in total. The topological polar surface area (TPSA) is 98.9 Å². The number of carbonyl (C=O) groups excluding carboxylic acids is 3. The molecular weight excluding hydrogens is 276 g/mol. The van der Waals surface area contributed by atoms with Gasteiger partial charge in [0.05, 0.1) is 6.04 Å². The molecule has 120 valence electrons. The summed E-state index contributed by atoms with van der Waals surface area (Å²) in [6, 6.07) is -1.95. The molecule has 1 fully saturated rings. The van der Waals surface area contributed by atoms with E-state index in [2.05, 4.69) is 0 Å². The zero-order valence-corrected chi connectivity index (χ0v) is 13.4. The van der Waals surface area contributed by atoms with Gasteiger partial charge < -0.3 is 15.2 Å². The van der Waals surface area contributed by atoms with Crippen LogP contribution in [0.4, 0.5) is 4.79 Å². The summed E-state index contributed by atoms with van der Waals surface area (Å²) in [5.74, 6) is -1.28. The lowest BCUT2D eigenvalue weighted by Crippen LogP contribution is -2.48. The number of ether oxygens (including phenoxy) is 2. The number of esters is 1. The largest absolute Gasteiger partial charge is 0.458 e. The molecule has 0 radical (unpaired) electrons. The summed E-state index contributed by atoms with van der Waals surface area (Å²) in [4.78, 5) is 37.0. The van der Waals surface area contributed by atoms with E-state index >= 15 is 0 Å². The van der Waals surface area contributed by atoms with Crippen molar-refractivity contribution in [3.05, 3.63) is 0 Å². The van der Waals surface area contributed by atoms with Crippen molar-refractivity contribution in [2.24, 2.45) is 5.73 Å². The van der Waals surface area contributed by atoms with E-state index in [1.807, 2.05) is 0 Å². The van der Waals surface area contributed by atoms with Crippen molar-refractivity contribution in [1.82, 2.24) is 4.90 Å². The highest BCUT2D eigenvalue weighted by Crippen LogP contribution is 2.24. The minimum absolute atomic E-state index is 0.0347. The molecule has 0 bridgehead atoms. The molecule has 7 nitrogen and oxygen atoms in total. The lowest BCUT2D eigenvalue weighted by Gasteiger charge is -2.28. The summed E-state index contributed by atoms with van der Waals surface area (Å²) in [5, 5.41) is 0. The summed E-state index contributed by atoms with van der Waals surface area (Å²) >= 11 is 0. The number of likely N-dealkylation sites (tertiary alicyclic amines) is 1. The molecule has 0 aromatic heterocycles. The first-order valence-corrected chi connectivity index (χ1v) is 6.86. The lowest BCUT2D eigenvalue weighted by atomic mass is 10.1. The Labute approximate surface area is 124 Å². The fourth-order valence-electron chi connectivity index (χ4n) is 1.88. The predicted molar refractivity (Wildman–Crippen MR) is 75.3 cm³/mol. The molecule has 21 heavy (non-hydrogen) atoms. The van der Waals surface area contributed by atoms with Gasteiger partial charge in [-0.05, 0) is 41.5 Å². The van der Waals surface area contributed by atoms with Crippen molar-refractivity contribution < 1.29 is 23.9 Å². The predicted octanol–water partition coefficient (Wildman–Crippen LogP) is 1.19. The summed E-state index contributed by atoms with van der Waals surface area (Å²) in [5.41, 5.74) is 4.16. The van der Waals surface area contributed by atoms with Gasteiger partial charge in [-0.15, -0.1) is 0 Å². The molecule has 1 heterocycles. The standard InChI is InChI=1S/C14H24N2O5/c1-13(2,3)20-11(18)9-7-8(15)10(17)16(9)12(19)21-14(4,5)6/h8-9H,7,15H2,1-6H3/t8-,9+/m1/s1. The summed E-state index contributed by atoms with van der Waals surface area (Å²) < 4.78 is 10.4. The molecule has 0 unspecified atom stereocenters. The van der Waals surface area contributed by atoms with Crippen LogP contribution in [-0.4, -0.2) is 46.2 Å². The zero-order chi connectivity index (χ0) is 16.6. The van der Waals surface area contributed by atoms with E-state index in [4.69, 9.17) is 15.2 Å². The average molecular weight is 300 g/mol. The molecule has 1 rings (SSSR count). The monoisotopic (exact) mass is 300 g/mol. The van der Waals surface area contributed by atoms with Gasteiger partial charge in [-0.25, -0.2) is 14.5 Å². The van der Waals surface area contributed by atoms with Gasteiger partial charge in [-0.3, -0.25) is 4.79 Å². The molecule has 2 amide bonds. The maximum atomic E-state index is 12.2. The molecule has 0 aromatic rings. The van der Waals surface area contributed by atoms with Crippen LogP contribution in [0.2, 0.25) is 0 Å². The Morgan fingerprint density at radius 3 is 2.00 bits per heavy atom. The molecule has 1 saturated heterocycles. The third-order valence-corrected chi connectivity index (χ3v) is 2.61. The Hall–Kier alpha value is -1.63. The van der Waals surface area contributed by atoms with Gasteiger partial charge in [0, 0.05) is 6.42 Å². The van der Waals surface area contributed by atoms with Crippen LogP contribution >= 0.6 is 0 Å². The van der Waals surface area contributed by atoms with E-state index < -0.39 is 41.3 Å². The number of nitrogens with zero attached hydrogens (tertiary/aromatic N) is 1. The van der Waals surface area contributed by atoms with Gasteiger partial charge in [0.15, 0.2) is 0 Å². The van der Waals surface area contributed by atoms with Crippen LogP contribution in [0.1, 0.15) is 48.0 Å². The molecule has 1 aliphatic rings. The van der Waals surface area contributed by atoms with Crippen LogP contribution in [0.5, 0.6) is 0 Å². The lowest BCUT2D eigenvalue weighted by molar-refractivity contribution is -0.161. The smallest absolute Gasteiger partial charge is 0.417 e. The highest BCUT2D eigenvalue weighted by atomic mass is 16.6. The minimum atomic E-state index is -1.04. The zero-order valence-electron chi connectivity index (χ0n) is 13.4. The molecule has 0 aliphatic carbocycles. The fraction of sp³-hybridized carbons (Fsp3) is 0.786. The number of hydrogen-bond acceptors (Lipinski definition) is 6. The summed E-state index contributed by atoms with van der Waals surface area (Å²) in [6.07, 6.45) is -0.844. The Morgan fingerprint density at radius 1 is 1.10 bits per heavy atom. The first-order valence-electron chi connectivity index (χ1n) is 6.86. The second kappa shape index (κ2) is 5.63. The van der Waals surface area contributed by atoms with Gasteiger partial charge in [0.25, 0.3) is 0 Å².